The van der Waals surface area contributed by atoms with Crippen molar-refractivity contribution < 1.29 is 24.2 Å². The van der Waals surface area contributed by atoms with E-state index in [1.54, 1.807) is 0 Å². The summed E-state index contributed by atoms with van der Waals surface area (Å²) in [6.45, 7) is 10.1. The van der Waals surface area contributed by atoms with Crippen molar-refractivity contribution in [1.82, 2.24) is 4.90 Å². The fourth-order valence-corrected chi connectivity index (χ4v) is 4.79. The second-order valence-electron chi connectivity index (χ2n) is 11.4. The molecule has 0 aromatic heterocycles. The maximum absolute atomic E-state index is 12.3. The molecule has 0 aliphatic rings. The number of aliphatic hydroxyl groups is 1. The Morgan fingerprint density at radius 3 is 1.90 bits per heavy atom. The highest BCUT2D eigenvalue weighted by atomic mass is 16.5. The van der Waals surface area contributed by atoms with E-state index in [4.69, 9.17) is 9.47 Å². The topological polar surface area (TPSA) is 76.1 Å². The smallest absolute Gasteiger partial charge is 0.306 e. The van der Waals surface area contributed by atoms with E-state index < -0.39 is 0 Å². The van der Waals surface area contributed by atoms with Gasteiger partial charge in [0, 0.05) is 38.8 Å². The monoisotopic (exact) mass is 579 g/mol. The highest BCUT2D eigenvalue weighted by Crippen LogP contribution is 2.16. The standard InChI is InChI=1S/C35H65NO5/c1-4-7-10-11-12-16-22-32-40-34(38)26-19-21-29-36(30-23-31-37)28-20-15-13-14-18-27-35(39)41-33(24-9-6-3)25-17-8-5-2/h33,37H,4-10,13-32H2,1-3H3. The Kier molecular flexibility index (Phi) is 30.1. The number of rotatable bonds is 29. The Balaban J connectivity index is 3.95. The minimum absolute atomic E-state index is 0.0197. The molecule has 0 aromatic carbocycles. The van der Waals surface area contributed by atoms with Crippen LogP contribution in [0.4, 0.5) is 0 Å². The van der Waals surface area contributed by atoms with Gasteiger partial charge in [-0.25, -0.2) is 0 Å². The van der Waals surface area contributed by atoms with Crippen LogP contribution in [0.1, 0.15) is 162 Å². The molecule has 0 radical (unpaired) electrons. The number of ether oxygens (including phenoxy) is 2. The third kappa shape index (κ3) is 28.3. The average Bonchev–Trinajstić information content (AvgIpc) is 2.97. The van der Waals surface area contributed by atoms with Crippen molar-refractivity contribution in [2.75, 3.05) is 32.8 Å². The number of unbranched alkanes of at least 4 members (excludes halogenated alkanes) is 11. The van der Waals surface area contributed by atoms with E-state index in [1.807, 2.05) is 0 Å². The van der Waals surface area contributed by atoms with Crippen molar-refractivity contribution in [2.24, 2.45) is 0 Å². The van der Waals surface area contributed by atoms with Crippen molar-refractivity contribution >= 4 is 11.9 Å². The maximum atomic E-state index is 12.3. The van der Waals surface area contributed by atoms with Crippen molar-refractivity contribution in [3.05, 3.63) is 0 Å². The lowest BCUT2D eigenvalue weighted by atomic mass is 10.1. The third-order valence-corrected chi connectivity index (χ3v) is 7.39. The van der Waals surface area contributed by atoms with Crippen LogP contribution in [0.2, 0.25) is 0 Å². The van der Waals surface area contributed by atoms with Gasteiger partial charge in [0.25, 0.3) is 0 Å². The summed E-state index contributed by atoms with van der Waals surface area (Å²) in [4.78, 5) is 26.7. The lowest BCUT2D eigenvalue weighted by molar-refractivity contribution is -0.150. The molecule has 0 amide bonds. The molecule has 1 atom stereocenters. The SMILES string of the molecule is CCCCC#CCCCOC(=O)CCCCN(CCCO)CCCCCCCC(=O)OC(CCCC)CCCCC. The minimum Gasteiger partial charge on any atom is -0.466 e. The minimum atomic E-state index is -0.109. The van der Waals surface area contributed by atoms with Gasteiger partial charge in [-0.2, -0.15) is 0 Å². The zero-order valence-electron chi connectivity index (χ0n) is 27.2. The average molecular weight is 580 g/mol. The van der Waals surface area contributed by atoms with Crippen LogP contribution in [-0.2, 0) is 19.1 Å². The summed E-state index contributed by atoms with van der Waals surface area (Å²) in [6, 6.07) is 0. The van der Waals surface area contributed by atoms with Crippen molar-refractivity contribution in [2.45, 2.75) is 168 Å². The number of aliphatic hydroxyl groups excluding tert-OH is 1. The molecule has 0 saturated heterocycles. The molecular formula is C35H65NO5. The molecule has 0 aliphatic heterocycles. The molecule has 1 N–H and O–H groups in total. The van der Waals surface area contributed by atoms with Gasteiger partial charge in [-0.3, -0.25) is 9.59 Å². The number of nitrogens with zero attached hydrogens (tertiary/aromatic N) is 1. The van der Waals surface area contributed by atoms with Gasteiger partial charge >= 0.3 is 11.9 Å². The first-order valence-electron chi connectivity index (χ1n) is 17.2. The number of carbonyl (C=O) groups excluding carboxylic acids is 2. The summed E-state index contributed by atoms with van der Waals surface area (Å²) in [6.07, 6.45) is 21.8. The molecule has 240 valence electrons. The Bertz CT molecular complexity index is 657. The van der Waals surface area contributed by atoms with E-state index in [-0.39, 0.29) is 24.6 Å². The van der Waals surface area contributed by atoms with Gasteiger partial charge in [-0.15, -0.1) is 11.8 Å². The summed E-state index contributed by atoms with van der Waals surface area (Å²) in [5, 5.41) is 9.26. The summed E-state index contributed by atoms with van der Waals surface area (Å²) in [7, 11) is 0. The molecule has 0 bridgehead atoms. The van der Waals surface area contributed by atoms with Crippen molar-refractivity contribution in [3.63, 3.8) is 0 Å². The Morgan fingerprint density at radius 2 is 1.20 bits per heavy atom. The molecule has 6 heteroatoms. The summed E-state index contributed by atoms with van der Waals surface area (Å²) >= 11 is 0. The molecule has 0 aliphatic carbocycles. The van der Waals surface area contributed by atoms with E-state index in [9.17, 15) is 14.7 Å². The fourth-order valence-electron chi connectivity index (χ4n) is 4.79. The molecule has 0 heterocycles. The fraction of sp³-hybridized carbons (Fsp3) is 0.886. The number of hydrogen-bond donors (Lipinski definition) is 1. The number of hydrogen-bond acceptors (Lipinski definition) is 6. The summed E-state index contributed by atoms with van der Waals surface area (Å²) in [5.41, 5.74) is 0. The normalized spacial score (nSPS) is 11.7. The van der Waals surface area contributed by atoms with Crippen molar-refractivity contribution in [1.29, 1.82) is 0 Å². The molecule has 0 saturated carbocycles. The van der Waals surface area contributed by atoms with E-state index in [2.05, 4.69) is 37.5 Å². The van der Waals surface area contributed by atoms with Crippen LogP contribution in [0, 0.1) is 11.8 Å². The largest absolute Gasteiger partial charge is 0.466 e. The van der Waals surface area contributed by atoms with Gasteiger partial charge in [0.2, 0.25) is 0 Å². The Hall–Kier alpha value is -1.58. The van der Waals surface area contributed by atoms with E-state index in [0.717, 1.165) is 129 Å². The van der Waals surface area contributed by atoms with E-state index >= 15 is 0 Å². The molecule has 6 nitrogen and oxygen atoms in total. The molecule has 0 spiro atoms. The van der Waals surface area contributed by atoms with Gasteiger partial charge in [-0.1, -0.05) is 72.1 Å². The van der Waals surface area contributed by atoms with Crippen LogP contribution in [0.25, 0.3) is 0 Å². The predicted octanol–water partition coefficient (Wildman–Crippen LogP) is 8.38. The highest BCUT2D eigenvalue weighted by molar-refractivity contribution is 5.69. The molecule has 0 rings (SSSR count). The summed E-state index contributed by atoms with van der Waals surface area (Å²) in [5.74, 6) is 6.18. The van der Waals surface area contributed by atoms with Crippen LogP contribution in [0.15, 0.2) is 0 Å². The zero-order chi connectivity index (χ0) is 30.2. The quantitative estimate of drug-likeness (QED) is 0.0545. The van der Waals surface area contributed by atoms with Gasteiger partial charge < -0.3 is 19.5 Å². The van der Waals surface area contributed by atoms with Crippen LogP contribution in [0.3, 0.4) is 0 Å². The maximum Gasteiger partial charge on any atom is 0.306 e. The summed E-state index contributed by atoms with van der Waals surface area (Å²) < 4.78 is 11.1. The number of esters is 2. The molecule has 41 heavy (non-hydrogen) atoms. The number of carbonyl (C=O) groups is 2. The first kappa shape index (κ1) is 39.4. The van der Waals surface area contributed by atoms with Crippen LogP contribution >= 0.6 is 0 Å². The van der Waals surface area contributed by atoms with Crippen LogP contribution in [-0.4, -0.2) is 60.9 Å². The first-order chi connectivity index (χ1) is 20.1. The second-order valence-corrected chi connectivity index (χ2v) is 11.4. The first-order valence-corrected chi connectivity index (χ1v) is 17.2. The van der Waals surface area contributed by atoms with E-state index in [0.29, 0.717) is 19.4 Å². The molecular weight excluding hydrogens is 514 g/mol. The zero-order valence-corrected chi connectivity index (χ0v) is 27.2. The van der Waals surface area contributed by atoms with Crippen LogP contribution < -0.4 is 0 Å². The second kappa shape index (κ2) is 31.4. The van der Waals surface area contributed by atoms with Crippen LogP contribution in [0.5, 0.6) is 0 Å². The molecule has 1 unspecified atom stereocenters. The van der Waals surface area contributed by atoms with Gasteiger partial charge in [0.05, 0.1) is 6.61 Å². The highest BCUT2D eigenvalue weighted by Gasteiger charge is 2.14. The lowest BCUT2D eigenvalue weighted by Crippen LogP contribution is -2.28. The Labute approximate surface area is 253 Å². The molecule has 0 fully saturated rings. The third-order valence-electron chi connectivity index (χ3n) is 7.39. The predicted molar refractivity (Wildman–Crippen MR) is 171 cm³/mol. The molecule has 0 aromatic rings. The van der Waals surface area contributed by atoms with Gasteiger partial charge in [-0.05, 0) is 77.3 Å². The van der Waals surface area contributed by atoms with E-state index in [1.165, 1.54) is 19.3 Å². The van der Waals surface area contributed by atoms with Crippen molar-refractivity contribution in [3.8, 4) is 11.8 Å². The Morgan fingerprint density at radius 1 is 0.634 bits per heavy atom. The van der Waals surface area contributed by atoms with Gasteiger partial charge in [0.1, 0.15) is 6.10 Å². The lowest BCUT2D eigenvalue weighted by Gasteiger charge is -2.22. The van der Waals surface area contributed by atoms with Gasteiger partial charge in [0.15, 0.2) is 0 Å².